The van der Waals surface area contributed by atoms with Crippen molar-refractivity contribution in [1.29, 1.82) is 0 Å². The van der Waals surface area contributed by atoms with Gasteiger partial charge in [-0.2, -0.15) is 0 Å². The Morgan fingerprint density at radius 1 is 1.10 bits per heavy atom. The first-order valence-corrected chi connectivity index (χ1v) is 8.97. The second kappa shape index (κ2) is 5.12. The average Bonchev–Trinajstić information content (AvgIpc) is 2.45. The van der Waals surface area contributed by atoms with Crippen molar-refractivity contribution in [2.24, 2.45) is 23.7 Å². The Balaban J connectivity index is 1.53. The van der Waals surface area contributed by atoms with E-state index in [1.54, 1.807) is 0 Å². The van der Waals surface area contributed by atoms with Gasteiger partial charge in [0.05, 0.1) is 0 Å². The molecule has 1 aromatic carbocycles. The molecule has 4 fully saturated rings. The summed E-state index contributed by atoms with van der Waals surface area (Å²) in [6.45, 7) is 2.01. The average molecular weight is 348 g/mol. The van der Waals surface area contributed by atoms with E-state index in [0.29, 0.717) is 6.04 Å². The lowest BCUT2D eigenvalue weighted by Gasteiger charge is -2.54. The molecule has 4 bridgehead atoms. The van der Waals surface area contributed by atoms with Gasteiger partial charge < -0.3 is 5.32 Å². The highest BCUT2D eigenvalue weighted by molar-refractivity contribution is 9.10. The predicted molar refractivity (Wildman–Crippen MR) is 87.2 cm³/mol. The van der Waals surface area contributed by atoms with Gasteiger partial charge in [0.15, 0.2) is 0 Å². The minimum absolute atomic E-state index is 0.117. The molecule has 3 heteroatoms. The molecule has 0 heterocycles. The summed E-state index contributed by atoms with van der Waals surface area (Å²) < 4.78 is 1.01. The standard InChI is InChI=1S/C18H22BrNO/c1-10-15(3-2-4-16(10)19)18(21)20-17-13-6-11-5-12(8-13)9-14(17)7-11/h2-4,11-14,17H,5-9H2,1H3,(H,20,21). The number of carbonyl (C=O) groups excluding carboxylic acids is 1. The largest absolute Gasteiger partial charge is 0.349 e. The number of carbonyl (C=O) groups is 1. The maximum absolute atomic E-state index is 12.7. The van der Waals surface area contributed by atoms with E-state index in [9.17, 15) is 4.79 Å². The summed E-state index contributed by atoms with van der Waals surface area (Å²) in [7, 11) is 0. The van der Waals surface area contributed by atoms with Crippen LogP contribution in [0.15, 0.2) is 22.7 Å². The van der Waals surface area contributed by atoms with Crippen LogP contribution in [0, 0.1) is 30.6 Å². The van der Waals surface area contributed by atoms with Crippen molar-refractivity contribution in [2.45, 2.75) is 45.1 Å². The third kappa shape index (κ3) is 2.34. The molecule has 21 heavy (non-hydrogen) atoms. The Morgan fingerprint density at radius 3 is 2.33 bits per heavy atom. The lowest BCUT2D eigenvalue weighted by atomic mass is 9.54. The zero-order valence-corrected chi connectivity index (χ0v) is 14.0. The van der Waals surface area contributed by atoms with E-state index >= 15 is 0 Å². The SMILES string of the molecule is Cc1c(Br)cccc1C(=O)NC1C2CC3CC(C2)CC1C3. The van der Waals surface area contributed by atoms with Crippen molar-refractivity contribution < 1.29 is 4.79 Å². The Hall–Kier alpha value is -0.830. The number of halogens is 1. The van der Waals surface area contributed by atoms with Crippen LogP contribution in [0.3, 0.4) is 0 Å². The summed E-state index contributed by atoms with van der Waals surface area (Å²) in [6, 6.07) is 6.30. The molecule has 0 radical (unpaired) electrons. The number of rotatable bonds is 2. The molecule has 4 aliphatic carbocycles. The van der Waals surface area contributed by atoms with Crippen LogP contribution in [-0.4, -0.2) is 11.9 Å². The van der Waals surface area contributed by atoms with E-state index in [-0.39, 0.29) is 5.91 Å². The highest BCUT2D eigenvalue weighted by Crippen LogP contribution is 2.53. The second-order valence-electron chi connectivity index (χ2n) is 7.34. The summed E-state index contributed by atoms with van der Waals surface area (Å²) in [5.74, 6) is 3.49. The van der Waals surface area contributed by atoms with Crippen LogP contribution in [0.5, 0.6) is 0 Å². The van der Waals surface area contributed by atoms with Gasteiger partial charge in [0.2, 0.25) is 0 Å². The predicted octanol–water partition coefficient (Wildman–Crippen LogP) is 4.31. The molecule has 1 amide bonds. The van der Waals surface area contributed by atoms with Crippen LogP contribution in [0.4, 0.5) is 0 Å². The van der Waals surface area contributed by atoms with Crippen LogP contribution >= 0.6 is 15.9 Å². The van der Waals surface area contributed by atoms with Gasteiger partial charge in [0, 0.05) is 16.1 Å². The molecule has 0 spiro atoms. The van der Waals surface area contributed by atoms with Crippen molar-refractivity contribution >= 4 is 21.8 Å². The van der Waals surface area contributed by atoms with E-state index in [1.807, 2.05) is 25.1 Å². The number of hydrogen-bond acceptors (Lipinski definition) is 1. The summed E-state index contributed by atoms with van der Waals surface area (Å²) in [4.78, 5) is 12.7. The van der Waals surface area contributed by atoms with Crippen LogP contribution in [0.25, 0.3) is 0 Å². The van der Waals surface area contributed by atoms with Gasteiger partial charge in [-0.25, -0.2) is 0 Å². The van der Waals surface area contributed by atoms with Gasteiger partial charge in [-0.1, -0.05) is 22.0 Å². The summed E-state index contributed by atoms with van der Waals surface area (Å²) in [5, 5.41) is 3.39. The van der Waals surface area contributed by atoms with Gasteiger partial charge in [-0.15, -0.1) is 0 Å². The van der Waals surface area contributed by atoms with Crippen LogP contribution in [0.1, 0.15) is 48.0 Å². The van der Waals surface area contributed by atoms with Crippen LogP contribution in [-0.2, 0) is 0 Å². The second-order valence-corrected chi connectivity index (χ2v) is 8.20. The Morgan fingerprint density at radius 2 is 1.71 bits per heavy atom. The van der Waals surface area contributed by atoms with E-state index < -0.39 is 0 Å². The van der Waals surface area contributed by atoms with Gasteiger partial charge in [0.1, 0.15) is 0 Å². The van der Waals surface area contributed by atoms with Crippen molar-refractivity contribution in [1.82, 2.24) is 5.32 Å². The van der Waals surface area contributed by atoms with Gasteiger partial charge >= 0.3 is 0 Å². The third-order valence-corrected chi connectivity index (χ3v) is 6.90. The fourth-order valence-electron chi connectivity index (χ4n) is 5.24. The molecule has 4 saturated carbocycles. The van der Waals surface area contributed by atoms with Crippen molar-refractivity contribution in [2.75, 3.05) is 0 Å². The highest BCUT2D eigenvalue weighted by Gasteiger charge is 2.48. The van der Waals surface area contributed by atoms with Crippen LogP contribution < -0.4 is 5.32 Å². The first kappa shape index (κ1) is 13.8. The Labute approximate surface area is 134 Å². The molecule has 0 aliphatic heterocycles. The number of benzene rings is 1. The fourth-order valence-corrected chi connectivity index (χ4v) is 5.61. The maximum Gasteiger partial charge on any atom is 0.251 e. The Kier molecular flexibility index (Phi) is 3.36. The van der Waals surface area contributed by atoms with Gasteiger partial charge in [0.25, 0.3) is 5.91 Å². The van der Waals surface area contributed by atoms with E-state index in [1.165, 1.54) is 32.1 Å². The molecule has 1 aromatic rings. The van der Waals surface area contributed by atoms with Crippen molar-refractivity contribution in [3.63, 3.8) is 0 Å². The van der Waals surface area contributed by atoms with E-state index in [0.717, 1.165) is 39.3 Å². The summed E-state index contributed by atoms with van der Waals surface area (Å²) >= 11 is 3.52. The monoisotopic (exact) mass is 347 g/mol. The lowest BCUT2D eigenvalue weighted by molar-refractivity contribution is -0.0119. The molecular formula is C18H22BrNO. The highest BCUT2D eigenvalue weighted by atomic mass is 79.9. The molecule has 4 aliphatic rings. The topological polar surface area (TPSA) is 29.1 Å². The molecule has 0 aromatic heterocycles. The normalized spacial score (nSPS) is 36.8. The third-order valence-electron chi connectivity index (χ3n) is 6.04. The lowest BCUT2D eigenvalue weighted by Crippen LogP contribution is -2.55. The minimum atomic E-state index is 0.117. The Bertz CT molecular complexity index is 555. The van der Waals surface area contributed by atoms with Gasteiger partial charge in [-0.3, -0.25) is 4.79 Å². The number of hydrogen-bond donors (Lipinski definition) is 1. The molecule has 0 atom stereocenters. The van der Waals surface area contributed by atoms with Crippen molar-refractivity contribution in [3.8, 4) is 0 Å². The molecule has 0 unspecified atom stereocenters. The molecule has 112 valence electrons. The minimum Gasteiger partial charge on any atom is -0.349 e. The summed E-state index contributed by atoms with van der Waals surface area (Å²) in [5.41, 5.74) is 1.86. The molecule has 5 rings (SSSR count). The molecule has 0 saturated heterocycles. The quantitative estimate of drug-likeness (QED) is 0.848. The first-order valence-electron chi connectivity index (χ1n) is 8.17. The first-order chi connectivity index (χ1) is 10.1. The van der Waals surface area contributed by atoms with Crippen LogP contribution in [0.2, 0.25) is 0 Å². The molecule has 2 nitrogen and oxygen atoms in total. The molecular weight excluding hydrogens is 326 g/mol. The van der Waals surface area contributed by atoms with Gasteiger partial charge in [-0.05, 0) is 80.4 Å². The number of amides is 1. The van der Waals surface area contributed by atoms with E-state index in [4.69, 9.17) is 0 Å². The van der Waals surface area contributed by atoms with Crippen molar-refractivity contribution in [3.05, 3.63) is 33.8 Å². The zero-order chi connectivity index (χ0) is 14.6. The summed E-state index contributed by atoms with van der Waals surface area (Å²) in [6.07, 6.45) is 6.83. The van der Waals surface area contributed by atoms with E-state index in [2.05, 4.69) is 21.2 Å². The maximum atomic E-state index is 12.7. The number of nitrogens with one attached hydrogen (secondary N) is 1. The molecule has 1 N–H and O–H groups in total. The fraction of sp³-hybridized carbons (Fsp3) is 0.611. The smallest absolute Gasteiger partial charge is 0.251 e. The zero-order valence-electron chi connectivity index (χ0n) is 12.4.